The van der Waals surface area contributed by atoms with Crippen LogP contribution in [0.15, 0.2) is 0 Å². The van der Waals surface area contributed by atoms with Gasteiger partial charge in [0.15, 0.2) is 11.9 Å². The van der Waals surface area contributed by atoms with Crippen molar-refractivity contribution in [3.8, 4) is 0 Å². The lowest BCUT2D eigenvalue weighted by molar-refractivity contribution is -0.367. The first-order valence-electron chi connectivity index (χ1n) is 5.47. The zero-order chi connectivity index (χ0) is 16.6. The zero-order valence-electron chi connectivity index (χ0n) is 10.4. The Balaban J connectivity index is 3.16. The van der Waals surface area contributed by atoms with Gasteiger partial charge < -0.3 is 9.47 Å². The van der Waals surface area contributed by atoms with Crippen LogP contribution in [0.2, 0.25) is 0 Å². The molecule has 0 amide bonds. The van der Waals surface area contributed by atoms with Crippen LogP contribution in [0.3, 0.4) is 0 Å². The lowest BCUT2D eigenvalue weighted by Crippen LogP contribution is -2.65. The van der Waals surface area contributed by atoms with Crippen LogP contribution < -0.4 is 0 Å². The van der Waals surface area contributed by atoms with Crippen molar-refractivity contribution >= 4 is 5.78 Å². The van der Waals surface area contributed by atoms with Gasteiger partial charge in [0.25, 0.3) is 0 Å². The molecule has 1 aliphatic rings. The second kappa shape index (κ2) is 5.67. The highest BCUT2D eigenvalue weighted by Crippen LogP contribution is 2.51. The summed E-state index contributed by atoms with van der Waals surface area (Å²) in [7, 11) is 0.763. The summed E-state index contributed by atoms with van der Waals surface area (Å²) < 4.78 is 112. The van der Waals surface area contributed by atoms with Crippen LogP contribution >= 0.6 is 0 Å². The van der Waals surface area contributed by atoms with E-state index in [2.05, 4.69) is 9.47 Å². The van der Waals surface area contributed by atoms with Gasteiger partial charge in [-0.3, -0.25) is 4.79 Å². The molecule has 0 aromatic heterocycles. The molecule has 0 saturated carbocycles. The van der Waals surface area contributed by atoms with Crippen LogP contribution in [0.25, 0.3) is 0 Å². The summed E-state index contributed by atoms with van der Waals surface area (Å²) in [4.78, 5) is 11.0. The summed E-state index contributed by atoms with van der Waals surface area (Å²) in [6, 6.07) is 0. The van der Waals surface area contributed by atoms with Gasteiger partial charge >= 0.3 is 24.2 Å². The van der Waals surface area contributed by atoms with E-state index in [0.717, 1.165) is 7.11 Å². The fraction of sp³-hybridized carbons (Fsp3) is 0.900. The number of ether oxygens (including phenoxy) is 2. The van der Waals surface area contributed by atoms with Gasteiger partial charge in [-0.1, -0.05) is 0 Å². The molecule has 0 aromatic rings. The summed E-state index contributed by atoms with van der Waals surface area (Å²) in [5.74, 6) is -19.1. The molecule has 3 nitrogen and oxygen atoms in total. The Labute approximate surface area is 113 Å². The van der Waals surface area contributed by atoms with Crippen molar-refractivity contribution in [2.24, 2.45) is 0 Å². The summed E-state index contributed by atoms with van der Waals surface area (Å²) in [5, 5.41) is 0. The van der Waals surface area contributed by atoms with Crippen LogP contribution in [-0.4, -0.2) is 55.9 Å². The summed E-state index contributed by atoms with van der Waals surface area (Å²) in [6.45, 7) is -1.03. The second-order valence-corrected chi connectivity index (χ2v) is 4.37. The topological polar surface area (TPSA) is 35.5 Å². The second-order valence-electron chi connectivity index (χ2n) is 4.37. The number of alkyl halides is 8. The number of methoxy groups -OCH3 is 1. The van der Waals surface area contributed by atoms with E-state index in [1.165, 1.54) is 0 Å². The number of hydrogen-bond acceptors (Lipinski definition) is 3. The van der Waals surface area contributed by atoms with E-state index in [0.29, 0.717) is 0 Å². The van der Waals surface area contributed by atoms with Crippen molar-refractivity contribution in [3.05, 3.63) is 0 Å². The first-order chi connectivity index (χ1) is 9.39. The average molecular weight is 330 g/mol. The number of ketones is 1. The maximum atomic E-state index is 13.6. The van der Waals surface area contributed by atoms with Crippen molar-refractivity contribution in [3.63, 3.8) is 0 Å². The Hall–Kier alpha value is -0.970. The molecule has 1 rings (SSSR count). The zero-order valence-corrected chi connectivity index (χ0v) is 10.4. The summed E-state index contributed by atoms with van der Waals surface area (Å²) in [5.41, 5.74) is 0. The van der Waals surface area contributed by atoms with Crippen LogP contribution in [0.1, 0.15) is 6.42 Å². The first-order valence-corrected chi connectivity index (χ1v) is 5.47. The van der Waals surface area contributed by atoms with Crippen molar-refractivity contribution in [1.82, 2.24) is 0 Å². The standard InChI is InChI=1S/C10H10F8O3/c1-20-5-2-4(19)3-21-6(5)8(13,14)10(17,18)9(15,16)7(11)12/h5-7H,2-3H2,1H3. The Morgan fingerprint density at radius 2 is 1.71 bits per heavy atom. The molecule has 0 aliphatic carbocycles. The minimum atomic E-state index is -6.39. The highest BCUT2D eigenvalue weighted by Gasteiger charge is 2.78. The van der Waals surface area contributed by atoms with E-state index in [1.807, 2.05) is 0 Å². The molecule has 1 fully saturated rings. The molecule has 0 aromatic carbocycles. The van der Waals surface area contributed by atoms with Crippen LogP contribution in [-0.2, 0) is 14.3 Å². The molecule has 21 heavy (non-hydrogen) atoms. The van der Waals surface area contributed by atoms with Crippen molar-refractivity contribution < 1.29 is 49.4 Å². The van der Waals surface area contributed by atoms with E-state index in [1.54, 1.807) is 0 Å². The van der Waals surface area contributed by atoms with Gasteiger partial charge in [-0.25, -0.2) is 8.78 Å². The third-order valence-electron chi connectivity index (χ3n) is 2.96. The van der Waals surface area contributed by atoms with Crippen LogP contribution in [0.5, 0.6) is 0 Å². The first kappa shape index (κ1) is 18.1. The summed E-state index contributed by atoms with van der Waals surface area (Å²) >= 11 is 0. The molecule has 124 valence electrons. The average Bonchev–Trinajstić information content (AvgIpc) is 2.37. The third-order valence-corrected chi connectivity index (χ3v) is 2.96. The van der Waals surface area contributed by atoms with Gasteiger partial charge in [-0.2, -0.15) is 26.3 Å². The quantitative estimate of drug-likeness (QED) is 0.727. The number of halogens is 8. The fourth-order valence-corrected chi connectivity index (χ4v) is 1.76. The maximum absolute atomic E-state index is 13.6. The smallest absolute Gasteiger partial charge is 0.378 e. The molecule has 0 spiro atoms. The van der Waals surface area contributed by atoms with Crippen LogP contribution in [0.4, 0.5) is 35.1 Å². The number of hydrogen-bond donors (Lipinski definition) is 0. The minimum Gasteiger partial charge on any atom is -0.378 e. The largest absolute Gasteiger partial charge is 0.380 e. The molecule has 11 heteroatoms. The number of carbonyl (C=O) groups is 1. The molecule has 0 N–H and O–H groups in total. The minimum absolute atomic E-state index is 0.763. The predicted octanol–water partition coefficient (Wildman–Crippen LogP) is 2.53. The van der Waals surface area contributed by atoms with Gasteiger partial charge in [0.2, 0.25) is 0 Å². The van der Waals surface area contributed by atoms with Gasteiger partial charge in [0.05, 0.1) is 6.10 Å². The Bertz CT molecular complexity index is 398. The number of Topliss-reactive ketones (excluding diaryl/α,β-unsaturated/α-hetero) is 1. The molecule has 1 heterocycles. The van der Waals surface area contributed by atoms with Gasteiger partial charge in [-0.15, -0.1) is 0 Å². The van der Waals surface area contributed by atoms with E-state index >= 15 is 0 Å². The SMILES string of the molecule is COC1CC(=O)COC1C(F)(F)C(F)(F)C(F)(F)C(F)F. The molecular weight excluding hydrogens is 320 g/mol. The monoisotopic (exact) mass is 330 g/mol. The molecule has 0 radical (unpaired) electrons. The van der Waals surface area contributed by atoms with E-state index in [9.17, 15) is 39.9 Å². The molecule has 1 aliphatic heterocycles. The van der Waals surface area contributed by atoms with E-state index < -0.39 is 55.2 Å². The van der Waals surface area contributed by atoms with Crippen molar-refractivity contribution in [2.75, 3.05) is 13.7 Å². The predicted molar refractivity (Wildman–Crippen MR) is 51.0 cm³/mol. The van der Waals surface area contributed by atoms with Crippen molar-refractivity contribution in [1.29, 1.82) is 0 Å². The molecule has 2 unspecified atom stereocenters. The normalized spacial score (nSPS) is 25.5. The Kier molecular flexibility index (Phi) is 4.88. The lowest BCUT2D eigenvalue weighted by Gasteiger charge is -2.40. The fourth-order valence-electron chi connectivity index (χ4n) is 1.76. The summed E-state index contributed by atoms with van der Waals surface area (Å²) in [6.07, 6.45) is -10.7. The van der Waals surface area contributed by atoms with Gasteiger partial charge in [-0.05, 0) is 0 Å². The maximum Gasteiger partial charge on any atom is 0.380 e. The highest BCUT2D eigenvalue weighted by molar-refractivity contribution is 5.81. The molecule has 0 bridgehead atoms. The van der Waals surface area contributed by atoms with E-state index in [4.69, 9.17) is 0 Å². The third kappa shape index (κ3) is 2.85. The molecular formula is C10H10F8O3. The Morgan fingerprint density at radius 1 is 1.19 bits per heavy atom. The van der Waals surface area contributed by atoms with E-state index in [-0.39, 0.29) is 0 Å². The number of rotatable bonds is 5. The molecule has 1 saturated heterocycles. The van der Waals surface area contributed by atoms with Gasteiger partial charge in [0, 0.05) is 13.5 Å². The number of carbonyl (C=O) groups excluding carboxylic acids is 1. The van der Waals surface area contributed by atoms with Gasteiger partial charge in [0.1, 0.15) is 6.61 Å². The van der Waals surface area contributed by atoms with Crippen LogP contribution in [0, 0.1) is 0 Å². The molecule has 2 atom stereocenters. The van der Waals surface area contributed by atoms with Crippen molar-refractivity contribution in [2.45, 2.75) is 42.8 Å². The lowest BCUT2D eigenvalue weighted by atomic mass is 9.92. The highest BCUT2D eigenvalue weighted by atomic mass is 19.4. The Morgan fingerprint density at radius 3 is 2.14 bits per heavy atom.